The van der Waals surface area contributed by atoms with E-state index >= 15 is 0 Å². The number of carbonyl (C=O) groups is 1. The van der Waals surface area contributed by atoms with Crippen molar-refractivity contribution in [3.8, 4) is 0 Å². The molecule has 0 aliphatic heterocycles. The van der Waals surface area contributed by atoms with Crippen molar-refractivity contribution in [2.45, 2.75) is 32.4 Å². The molecule has 1 aromatic rings. The largest absolute Gasteiger partial charge is 0.419 e. The fraction of sp³-hybridized carbons (Fsp3) is 0.417. The Bertz CT molecular complexity index is 409. The van der Waals surface area contributed by atoms with Crippen LogP contribution in [0.1, 0.15) is 42.1 Å². The molecule has 0 heterocycles. The first-order chi connectivity index (χ1) is 7.88. The number of ketones is 1. The first kappa shape index (κ1) is 13.7. The number of carbonyl (C=O) groups excluding carboxylic acids is 1. The predicted octanol–water partition coefficient (Wildman–Crippen LogP) is 4.22. The van der Waals surface area contributed by atoms with Gasteiger partial charge in [0.1, 0.15) is 5.82 Å². The van der Waals surface area contributed by atoms with E-state index in [2.05, 4.69) is 0 Å². The highest BCUT2D eigenvalue weighted by atomic mass is 19.4. The van der Waals surface area contributed by atoms with E-state index in [0.29, 0.717) is 12.5 Å². The molecule has 0 saturated carbocycles. The fourth-order valence-electron chi connectivity index (χ4n) is 1.44. The molecule has 0 fully saturated rings. The average Bonchev–Trinajstić information content (AvgIpc) is 2.24. The van der Waals surface area contributed by atoms with Gasteiger partial charge in [-0.3, -0.25) is 4.79 Å². The number of Topliss-reactive ketones (excluding diaryl/α,β-unsaturated/α-hetero) is 1. The Morgan fingerprint density at radius 2 is 1.94 bits per heavy atom. The van der Waals surface area contributed by atoms with Crippen molar-refractivity contribution in [3.05, 3.63) is 35.1 Å². The average molecular weight is 248 g/mol. The van der Waals surface area contributed by atoms with Crippen LogP contribution in [0.4, 0.5) is 17.6 Å². The molecule has 0 aliphatic rings. The topological polar surface area (TPSA) is 17.1 Å². The van der Waals surface area contributed by atoms with E-state index in [4.69, 9.17) is 0 Å². The van der Waals surface area contributed by atoms with Gasteiger partial charge in [0, 0.05) is 6.42 Å². The summed E-state index contributed by atoms with van der Waals surface area (Å²) in [5.41, 5.74) is -1.87. The van der Waals surface area contributed by atoms with E-state index in [0.717, 1.165) is 18.6 Å². The second kappa shape index (κ2) is 5.29. The van der Waals surface area contributed by atoms with Crippen LogP contribution in [0.3, 0.4) is 0 Å². The van der Waals surface area contributed by atoms with Crippen molar-refractivity contribution in [2.75, 3.05) is 0 Å². The third-order valence-electron chi connectivity index (χ3n) is 2.36. The van der Waals surface area contributed by atoms with Crippen LogP contribution in [-0.2, 0) is 6.18 Å². The second-order valence-electron chi connectivity index (χ2n) is 3.69. The Balaban J connectivity index is 3.06. The fourth-order valence-corrected chi connectivity index (χ4v) is 1.44. The minimum absolute atomic E-state index is 0.0642. The molecule has 0 bridgehead atoms. The van der Waals surface area contributed by atoms with Gasteiger partial charge >= 0.3 is 6.18 Å². The summed E-state index contributed by atoms with van der Waals surface area (Å²) in [6, 6.07) is 2.76. The smallest absolute Gasteiger partial charge is 0.294 e. The van der Waals surface area contributed by atoms with Gasteiger partial charge in [-0.15, -0.1) is 0 Å². The van der Waals surface area contributed by atoms with Crippen molar-refractivity contribution < 1.29 is 22.4 Å². The Labute approximate surface area is 96.4 Å². The van der Waals surface area contributed by atoms with Crippen molar-refractivity contribution in [3.63, 3.8) is 0 Å². The highest BCUT2D eigenvalue weighted by Gasteiger charge is 2.35. The van der Waals surface area contributed by atoms with Crippen LogP contribution in [0, 0.1) is 5.82 Å². The molecule has 0 atom stereocenters. The molecule has 0 unspecified atom stereocenters. The highest BCUT2D eigenvalue weighted by Crippen LogP contribution is 2.32. The summed E-state index contributed by atoms with van der Waals surface area (Å²) in [5.74, 6) is -2.06. The van der Waals surface area contributed by atoms with Crippen LogP contribution in [-0.4, -0.2) is 5.78 Å². The van der Waals surface area contributed by atoms with Crippen LogP contribution in [0.2, 0.25) is 0 Å². The van der Waals surface area contributed by atoms with E-state index in [1.165, 1.54) is 0 Å². The van der Waals surface area contributed by atoms with Gasteiger partial charge in [-0.05, 0) is 18.6 Å². The Morgan fingerprint density at radius 1 is 1.29 bits per heavy atom. The molecule has 0 spiro atoms. The van der Waals surface area contributed by atoms with Crippen molar-refractivity contribution >= 4 is 5.78 Å². The molecule has 5 heteroatoms. The Kier molecular flexibility index (Phi) is 4.26. The predicted molar refractivity (Wildman–Crippen MR) is 55.3 cm³/mol. The molecule has 0 N–H and O–H groups in total. The van der Waals surface area contributed by atoms with Crippen molar-refractivity contribution in [1.29, 1.82) is 0 Å². The van der Waals surface area contributed by atoms with Crippen LogP contribution >= 0.6 is 0 Å². The van der Waals surface area contributed by atoms with E-state index in [1.54, 1.807) is 0 Å². The summed E-state index contributed by atoms with van der Waals surface area (Å²) in [4.78, 5) is 11.5. The van der Waals surface area contributed by atoms with Crippen molar-refractivity contribution in [2.24, 2.45) is 0 Å². The monoisotopic (exact) mass is 248 g/mol. The van der Waals surface area contributed by atoms with Crippen LogP contribution in [0.5, 0.6) is 0 Å². The standard InChI is InChI=1S/C12H12F4O/c1-2-3-7-10(17)8-5-4-6-9(11(8)13)12(14,15)16/h4-6H,2-3,7H2,1H3. The first-order valence-electron chi connectivity index (χ1n) is 5.26. The summed E-state index contributed by atoms with van der Waals surface area (Å²) in [5, 5.41) is 0. The summed E-state index contributed by atoms with van der Waals surface area (Å²) >= 11 is 0. The molecular weight excluding hydrogens is 236 g/mol. The van der Waals surface area contributed by atoms with E-state index in [1.807, 2.05) is 6.92 Å². The molecule has 1 rings (SSSR count). The first-order valence-corrected chi connectivity index (χ1v) is 5.26. The number of halogens is 4. The molecular formula is C12H12F4O. The Hall–Kier alpha value is -1.39. The second-order valence-corrected chi connectivity index (χ2v) is 3.69. The number of rotatable bonds is 4. The van der Waals surface area contributed by atoms with Gasteiger partial charge in [-0.1, -0.05) is 19.4 Å². The summed E-state index contributed by atoms with van der Waals surface area (Å²) in [6.07, 6.45) is -3.44. The van der Waals surface area contributed by atoms with Crippen LogP contribution < -0.4 is 0 Å². The SMILES string of the molecule is CCCCC(=O)c1cccc(C(F)(F)F)c1F. The molecule has 1 nitrogen and oxygen atoms in total. The third kappa shape index (κ3) is 3.28. The maximum Gasteiger partial charge on any atom is 0.419 e. The molecule has 94 valence electrons. The lowest BCUT2D eigenvalue weighted by Gasteiger charge is -2.10. The van der Waals surface area contributed by atoms with E-state index < -0.39 is 28.9 Å². The molecule has 17 heavy (non-hydrogen) atoms. The van der Waals surface area contributed by atoms with Gasteiger partial charge < -0.3 is 0 Å². The number of hydrogen-bond donors (Lipinski definition) is 0. The highest BCUT2D eigenvalue weighted by molar-refractivity contribution is 5.96. The number of benzene rings is 1. The number of alkyl halides is 3. The molecule has 0 saturated heterocycles. The van der Waals surface area contributed by atoms with Crippen LogP contribution in [0.25, 0.3) is 0 Å². The zero-order valence-corrected chi connectivity index (χ0v) is 9.27. The van der Waals surface area contributed by atoms with E-state index in [-0.39, 0.29) is 6.42 Å². The van der Waals surface area contributed by atoms with E-state index in [9.17, 15) is 22.4 Å². The summed E-state index contributed by atoms with van der Waals surface area (Å²) < 4.78 is 50.7. The molecule has 0 aromatic heterocycles. The third-order valence-corrected chi connectivity index (χ3v) is 2.36. The van der Waals surface area contributed by atoms with Gasteiger partial charge in [-0.2, -0.15) is 13.2 Å². The minimum Gasteiger partial charge on any atom is -0.294 e. The quantitative estimate of drug-likeness (QED) is 0.576. The zero-order valence-electron chi connectivity index (χ0n) is 9.27. The zero-order chi connectivity index (χ0) is 13.1. The lowest BCUT2D eigenvalue weighted by molar-refractivity contribution is -0.140. The normalized spacial score (nSPS) is 11.6. The lowest BCUT2D eigenvalue weighted by Crippen LogP contribution is -2.12. The number of unbranched alkanes of at least 4 members (excludes halogenated alkanes) is 1. The number of hydrogen-bond acceptors (Lipinski definition) is 1. The maximum atomic E-state index is 13.5. The minimum atomic E-state index is -4.77. The van der Waals surface area contributed by atoms with Crippen LogP contribution in [0.15, 0.2) is 18.2 Å². The molecule has 0 radical (unpaired) electrons. The van der Waals surface area contributed by atoms with Gasteiger partial charge in [0.2, 0.25) is 0 Å². The van der Waals surface area contributed by atoms with Gasteiger partial charge in [0.15, 0.2) is 5.78 Å². The summed E-state index contributed by atoms with van der Waals surface area (Å²) in [7, 11) is 0. The van der Waals surface area contributed by atoms with Gasteiger partial charge in [0.25, 0.3) is 0 Å². The lowest BCUT2D eigenvalue weighted by atomic mass is 10.0. The maximum absolute atomic E-state index is 13.5. The molecule has 1 aromatic carbocycles. The van der Waals surface area contributed by atoms with Crippen molar-refractivity contribution in [1.82, 2.24) is 0 Å². The summed E-state index contributed by atoms with van der Waals surface area (Å²) in [6.45, 7) is 1.84. The molecule has 0 aliphatic carbocycles. The van der Waals surface area contributed by atoms with Gasteiger partial charge in [0.05, 0.1) is 11.1 Å². The molecule has 0 amide bonds. The Morgan fingerprint density at radius 3 is 2.47 bits per heavy atom. The van der Waals surface area contributed by atoms with Gasteiger partial charge in [-0.25, -0.2) is 4.39 Å².